The lowest BCUT2D eigenvalue weighted by atomic mass is 10.1. The van der Waals surface area contributed by atoms with Crippen LogP contribution in [-0.4, -0.2) is 65.6 Å². The van der Waals surface area contributed by atoms with Gasteiger partial charge in [-0.2, -0.15) is 8.78 Å². The van der Waals surface area contributed by atoms with Crippen molar-refractivity contribution in [3.63, 3.8) is 0 Å². The Morgan fingerprint density at radius 3 is 2.48 bits per heavy atom. The van der Waals surface area contributed by atoms with Gasteiger partial charge in [-0.1, -0.05) is 6.42 Å². The van der Waals surface area contributed by atoms with Gasteiger partial charge in [0.1, 0.15) is 5.75 Å². The fourth-order valence-corrected chi connectivity index (χ4v) is 4.52. The van der Waals surface area contributed by atoms with Gasteiger partial charge in [0.15, 0.2) is 11.5 Å². The van der Waals surface area contributed by atoms with Crippen LogP contribution in [0, 0.1) is 6.92 Å². The van der Waals surface area contributed by atoms with Gasteiger partial charge in [0, 0.05) is 35.8 Å². The fraction of sp³-hybridized carbons (Fsp3) is 0.367. The highest BCUT2D eigenvalue weighted by molar-refractivity contribution is 5.96. The van der Waals surface area contributed by atoms with E-state index in [9.17, 15) is 13.6 Å². The van der Waals surface area contributed by atoms with Crippen LogP contribution in [0.5, 0.6) is 5.75 Å². The first-order valence-corrected chi connectivity index (χ1v) is 13.4. The molecule has 0 spiro atoms. The average Bonchev–Trinajstić information content (AvgIpc) is 3.33. The summed E-state index contributed by atoms with van der Waals surface area (Å²) in [4.78, 5) is 21.7. The van der Waals surface area contributed by atoms with Crippen molar-refractivity contribution in [2.24, 2.45) is 0 Å². The van der Waals surface area contributed by atoms with E-state index < -0.39 is 6.61 Å². The van der Waals surface area contributed by atoms with Crippen LogP contribution in [-0.2, 0) is 0 Å². The monoisotopic (exact) mass is 551 g/mol. The summed E-state index contributed by atoms with van der Waals surface area (Å²) < 4.78 is 32.2. The lowest BCUT2D eigenvalue weighted by Gasteiger charge is -2.23. The number of rotatable bonds is 13. The van der Waals surface area contributed by atoms with Crippen molar-refractivity contribution < 1.29 is 22.8 Å². The van der Waals surface area contributed by atoms with Gasteiger partial charge in [0.05, 0.1) is 39.6 Å². The van der Waals surface area contributed by atoms with Crippen molar-refractivity contribution in [1.29, 1.82) is 0 Å². The molecule has 0 unspecified atom stereocenters. The van der Waals surface area contributed by atoms with Crippen molar-refractivity contribution >= 4 is 23.1 Å². The molecule has 0 fully saturated rings. The number of nitrogens with zero attached hydrogens (tertiary/aromatic N) is 4. The summed E-state index contributed by atoms with van der Waals surface area (Å²) >= 11 is 0. The summed E-state index contributed by atoms with van der Waals surface area (Å²) in [6.45, 7) is 0.866. The Bertz CT molecular complexity index is 1430. The van der Waals surface area contributed by atoms with E-state index in [2.05, 4.69) is 46.5 Å². The Balaban J connectivity index is 1.37. The SMILES string of the molecule is Cc1cc(Nc2nccn3c(-c4ccc(OC(F)F)cc4)cnc23)ccc1C(=O)NCCCCCC[N+](C)(C)C. The number of quaternary nitrogens is 1. The van der Waals surface area contributed by atoms with E-state index in [4.69, 9.17) is 0 Å². The molecule has 40 heavy (non-hydrogen) atoms. The Kier molecular flexibility index (Phi) is 9.31. The Morgan fingerprint density at radius 1 is 1.02 bits per heavy atom. The van der Waals surface area contributed by atoms with Crippen molar-refractivity contribution in [2.45, 2.75) is 39.2 Å². The molecule has 0 aliphatic heterocycles. The van der Waals surface area contributed by atoms with Crippen molar-refractivity contribution in [3.05, 3.63) is 72.2 Å². The summed E-state index contributed by atoms with van der Waals surface area (Å²) in [5.41, 5.74) is 4.45. The summed E-state index contributed by atoms with van der Waals surface area (Å²) in [6, 6.07) is 12.0. The fourth-order valence-electron chi connectivity index (χ4n) is 4.52. The number of ether oxygens (including phenoxy) is 1. The second-order valence-corrected chi connectivity index (χ2v) is 10.9. The minimum atomic E-state index is -2.87. The first kappa shape index (κ1) is 28.9. The van der Waals surface area contributed by atoms with Gasteiger partial charge in [-0.3, -0.25) is 9.20 Å². The van der Waals surface area contributed by atoms with Gasteiger partial charge in [-0.25, -0.2) is 9.97 Å². The molecule has 0 bridgehead atoms. The Labute approximate surface area is 233 Å². The third-order valence-corrected chi connectivity index (χ3v) is 6.58. The molecule has 0 aliphatic rings. The lowest BCUT2D eigenvalue weighted by molar-refractivity contribution is -0.870. The number of nitrogens with one attached hydrogen (secondary N) is 2. The maximum atomic E-state index is 12.7. The number of imidazole rings is 1. The largest absolute Gasteiger partial charge is 0.435 e. The molecule has 2 aromatic heterocycles. The molecule has 4 aromatic rings. The summed E-state index contributed by atoms with van der Waals surface area (Å²) in [6.07, 6.45) is 9.59. The topological polar surface area (TPSA) is 80.6 Å². The quantitative estimate of drug-likeness (QED) is 0.156. The number of benzene rings is 2. The highest BCUT2D eigenvalue weighted by Gasteiger charge is 2.14. The summed E-state index contributed by atoms with van der Waals surface area (Å²) in [5, 5.41) is 6.34. The van der Waals surface area contributed by atoms with Crippen LogP contribution in [0.15, 0.2) is 61.1 Å². The van der Waals surface area contributed by atoms with Crippen molar-refractivity contribution in [3.8, 4) is 17.0 Å². The molecule has 0 atom stereocenters. The molecular formula is C30H37F2N6O2+. The molecule has 212 valence electrons. The number of unbranched alkanes of at least 4 members (excludes halogenated alkanes) is 3. The number of aryl methyl sites for hydroxylation is 1. The summed E-state index contributed by atoms with van der Waals surface area (Å²) in [7, 11) is 6.61. The highest BCUT2D eigenvalue weighted by Crippen LogP contribution is 2.27. The number of fused-ring (bicyclic) bond motifs is 1. The van der Waals surface area contributed by atoms with Crippen LogP contribution in [0.3, 0.4) is 0 Å². The van der Waals surface area contributed by atoms with Gasteiger partial charge in [0.2, 0.25) is 0 Å². The normalized spacial score (nSPS) is 11.7. The number of anilines is 2. The van der Waals surface area contributed by atoms with Gasteiger partial charge in [0.25, 0.3) is 5.91 Å². The summed E-state index contributed by atoms with van der Waals surface area (Å²) in [5.74, 6) is 0.571. The van der Waals surface area contributed by atoms with Crippen LogP contribution in [0.25, 0.3) is 16.9 Å². The second-order valence-electron chi connectivity index (χ2n) is 10.9. The molecule has 2 heterocycles. The van der Waals surface area contributed by atoms with Crippen molar-refractivity contribution in [1.82, 2.24) is 19.7 Å². The molecule has 2 aromatic carbocycles. The number of carbonyl (C=O) groups is 1. The van der Waals surface area contributed by atoms with E-state index in [0.717, 1.165) is 46.4 Å². The van der Waals surface area contributed by atoms with Crippen LogP contribution >= 0.6 is 0 Å². The number of carbonyl (C=O) groups excluding carboxylic acids is 1. The number of alkyl halides is 2. The molecule has 8 nitrogen and oxygen atoms in total. The molecule has 0 aliphatic carbocycles. The first-order chi connectivity index (χ1) is 19.1. The van der Waals surface area contributed by atoms with Gasteiger partial charge < -0.3 is 19.9 Å². The van der Waals surface area contributed by atoms with Gasteiger partial charge in [-0.15, -0.1) is 0 Å². The van der Waals surface area contributed by atoms with Crippen LogP contribution in [0.2, 0.25) is 0 Å². The minimum Gasteiger partial charge on any atom is -0.435 e. The number of aromatic nitrogens is 3. The predicted molar refractivity (Wildman–Crippen MR) is 153 cm³/mol. The zero-order valence-corrected chi connectivity index (χ0v) is 23.5. The maximum absolute atomic E-state index is 12.7. The Hall–Kier alpha value is -4.05. The molecular weight excluding hydrogens is 514 g/mol. The van der Waals surface area contributed by atoms with Gasteiger partial charge >= 0.3 is 6.61 Å². The zero-order chi connectivity index (χ0) is 28.7. The van der Waals surface area contributed by atoms with Crippen LogP contribution in [0.4, 0.5) is 20.3 Å². The number of amides is 1. The third-order valence-electron chi connectivity index (χ3n) is 6.58. The standard InChI is InChI=1S/C30H36F2N6O2/c1-21-19-23(11-14-25(21)29(39)34-15-7-5-6-8-18-38(2,3)4)36-27-28-35-20-26(37(28)17-16-33-27)22-9-12-24(13-10-22)40-30(31)32/h9-14,16-17,19-20,30H,5-8,15,18H2,1-4H3,(H-,33,34,36,39)/p+1. The zero-order valence-electron chi connectivity index (χ0n) is 23.5. The second kappa shape index (κ2) is 12.9. The van der Waals surface area contributed by atoms with Crippen molar-refractivity contribution in [2.75, 3.05) is 39.5 Å². The van der Waals surface area contributed by atoms with Crippen LogP contribution in [0.1, 0.15) is 41.6 Å². The third kappa shape index (κ3) is 7.75. The van der Waals surface area contributed by atoms with E-state index in [0.29, 0.717) is 23.6 Å². The lowest BCUT2D eigenvalue weighted by Crippen LogP contribution is -2.35. The molecule has 0 saturated carbocycles. The maximum Gasteiger partial charge on any atom is 0.387 e. The van der Waals surface area contributed by atoms with E-state index in [-0.39, 0.29) is 11.7 Å². The molecule has 0 saturated heterocycles. The first-order valence-electron chi connectivity index (χ1n) is 13.4. The number of hydrogen-bond acceptors (Lipinski definition) is 5. The van der Waals surface area contributed by atoms with Gasteiger partial charge in [-0.05, 0) is 74.2 Å². The highest BCUT2D eigenvalue weighted by atomic mass is 19.3. The molecule has 2 N–H and O–H groups in total. The predicted octanol–water partition coefficient (Wildman–Crippen LogP) is 6.05. The number of hydrogen-bond donors (Lipinski definition) is 2. The molecule has 10 heteroatoms. The Morgan fingerprint density at radius 2 is 1.77 bits per heavy atom. The smallest absolute Gasteiger partial charge is 0.387 e. The molecule has 4 rings (SSSR count). The van der Waals surface area contributed by atoms with E-state index in [1.54, 1.807) is 30.7 Å². The average molecular weight is 552 g/mol. The van der Waals surface area contributed by atoms with E-state index in [1.807, 2.05) is 29.5 Å². The molecule has 1 amide bonds. The molecule has 0 radical (unpaired) electrons. The minimum absolute atomic E-state index is 0.0708. The number of halogens is 2. The van der Waals surface area contributed by atoms with E-state index in [1.165, 1.54) is 25.0 Å². The van der Waals surface area contributed by atoms with E-state index >= 15 is 0 Å². The van der Waals surface area contributed by atoms with Crippen LogP contribution < -0.4 is 15.4 Å².